The Morgan fingerprint density at radius 1 is 1.25 bits per heavy atom. The first-order chi connectivity index (χ1) is 9.69. The largest absolute Gasteiger partial charge is 0.323 e. The lowest BCUT2D eigenvalue weighted by atomic mass is 9.84. The average molecular weight is 289 g/mol. The number of fused-ring (bicyclic) bond motifs is 3. The van der Waals surface area contributed by atoms with Gasteiger partial charge >= 0.3 is 0 Å². The van der Waals surface area contributed by atoms with Gasteiger partial charge in [0.15, 0.2) is 0 Å². The van der Waals surface area contributed by atoms with Crippen molar-refractivity contribution in [2.24, 2.45) is 23.5 Å². The molecule has 0 spiro atoms. The molecule has 4 rings (SSSR count). The van der Waals surface area contributed by atoms with E-state index in [1.54, 1.807) is 17.4 Å². The van der Waals surface area contributed by atoms with Crippen molar-refractivity contribution in [1.29, 1.82) is 0 Å². The van der Waals surface area contributed by atoms with Crippen molar-refractivity contribution >= 4 is 21.4 Å². The number of hydrogen-bond donors (Lipinski definition) is 1. The van der Waals surface area contributed by atoms with Gasteiger partial charge in [-0.1, -0.05) is 12.5 Å². The Balaban J connectivity index is 1.53. The van der Waals surface area contributed by atoms with Gasteiger partial charge in [0, 0.05) is 15.6 Å². The Bertz CT molecular complexity index is 635. The minimum Gasteiger partial charge on any atom is -0.323 e. The third-order valence-electron chi connectivity index (χ3n) is 5.31. The Hall–Kier alpha value is -0.930. The predicted octanol–water partition coefficient (Wildman–Crippen LogP) is 4.87. The maximum Gasteiger partial charge on any atom is 0.124 e. The summed E-state index contributed by atoms with van der Waals surface area (Å²) in [7, 11) is 0. The summed E-state index contributed by atoms with van der Waals surface area (Å²) in [5.41, 5.74) is 6.43. The summed E-state index contributed by atoms with van der Waals surface area (Å²) in [4.78, 5) is 1.22. The monoisotopic (exact) mass is 289 g/mol. The van der Waals surface area contributed by atoms with E-state index >= 15 is 0 Å². The Labute approximate surface area is 123 Å². The van der Waals surface area contributed by atoms with Crippen molar-refractivity contribution < 1.29 is 4.39 Å². The molecule has 0 amide bonds. The van der Waals surface area contributed by atoms with Crippen LogP contribution in [0.1, 0.15) is 43.0 Å². The summed E-state index contributed by atoms with van der Waals surface area (Å²) in [6.07, 6.45) is 6.79. The first-order valence-electron chi connectivity index (χ1n) is 7.63. The van der Waals surface area contributed by atoms with Gasteiger partial charge in [0.25, 0.3) is 0 Å². The molecule has 3 heteroatoms. The van der Waals surface area contributed by atoms with Gasteiger partial charge in [0.2, 0.25) is 0 Å². The van der Waals surface area contributed by atoms with Gasteiger partial charge in [-0.05, 0) is 67.0 Å². The molecular weight excluding hydrogens is 269 g/mol. The van der Waals surface area contributed by atoms with Crippen LogP contribution in [0.5, 0.6) is 0 Å². The van der Waals surface area contributed by atoms with Gasteiger partial charge in [-0.25, -0.2) is 4.39 Å². The zero-order valence-electron chi connectivity index (χ0n) is 11.5. The average Bonchev–Trinajstić information content (AvgIpc) is 3.11. The van der Waals surface area contributed by atoms with E-state index in [-0.39, 0.29) is 11.9 Å². The van der Waals surface area contributed by atoms with Gasteiger partial charge in [0.05, 0.1) is 0 Å². The second-order valence-electron chi connectivity index (χ2n) is 6.61. The quantitative estimate of drug-likeness (QED) is 0.857. The van der Waals surface area contributed by atoms with E-state index in [1.165, 1.54) is 36.6 Å². The molecule has 4 atom stereocenters. The summed E-state index contributed by atoms with van der Waals surface area (Å²) in [5.74, 6) is 2.57. The van der Waals surface area contributed by atoms with Gasteiger partial charge in [-0.15, -0.1) is 11.3 Å². The van der Waals surface area contributed by atoms with Gasteiger partial charge in [-0.2, -0.15) is 0 Å². The number of nitrogens with two attached hydrogens (primary N) is 1. The van der Waals surface area contributed by atoms with Crippen molar-refractivity contribution in [2.75, 3.05) is 0 Å². The molecule has 1 aromatic heterocycles. The Morgan fingerprint density at radius 3 is 2.90 bits per heavy atom. The highest BCUT2D eigenvalue weighted by Crippen LogP contribution is 2.51. The molecule has 2 aliphatic rings. The van der Waals surface area contributed by atoms with Gasteiger partial charge in [0.1, 0.15) is 5.82 Å². The zero-order valence-corrected chi connectivity index (χ0v) is 12.3. The van der Waals surface area contributed by atoms with Crippen LogP contribution in [-0.2, 0) is 0 Å². The number of hydrogen-bond acceptors (Lipinski definition) is 2. The van der Waals surface area contributed by atoms with Crippen LogP contribution < -0.4 is 5.73 Å². The summed E-state index contributed by atoms with van der Waals surface area (Å²) >= 11 is 1.66. The van der Waals surface area contributed by atoms with Gasteiger partial charge < -0.3 is 5.73 Å². The second kappa shape index (κ2) is 4.81. The van der Waals surface area contributed by atoms with Crippen LogP contribution >= 0.6 is 11.3 Å². The molecule has 2 N–H and O–H groups in total. The normalized spacial score (nSPS) is 30.2. The van der Waals surface area contributed by atoms with Crippen molar-refractivity contribution in [2.45, 2.75) is 38.1 Å². The van der Waals surface area contributed by atoms with Crippen molar-refractivity contribution in [3.63, 3.8) is 0 Å². The highest BCUT2D eigenvalue weighted by molar-refractivity contribution is 7.19. The summed E-state index contributed by atoms with van der Waals surface area (Å²) < 4.78 is 14.3. The van der Waals surface area contributed by atoms with E-state index in [0.29, 0.717) is 0 Å². The smallest absolute Gasteiger partial charge is 0.124 e. The van der Waals surface area contributed by atoms with Crippen LogP contribution in [0, 0.1) is 23.6 Å². The van der Waals surface area contributed by atoms with E-state index in [2.05, 4.69) is 6.07 Å². The first kappa shape index (κ1) is 12.8. The highest BCUT2D eigenvalue weighted by Gasteiger charge is 2.39. The molecule has 0 radical (unpaired) electrons. The van der Waals surface area contributed by atoms with E-state index in [9.17, 15) is 4.39 Å². The Morgan fingerprint density at radius 2 is 2.15 bits per heavy atom. The van der Waals surface area contributed by atoms with E-state index in [4.69, 9.17) is 5.73 Å². The van der Waals surface area contributed by atoms with Crippen LogP contribution in [0.4, 0.5) is 4.39 Å². The second-order valence-corrected chi connectivity index (χ2v) is 7.72. The zero-order chi connectivity index (χ0) is 13.7. The fourth-order valence-corrected chi connectivity index (χ4v) is 5.42. The number of rotatable bonds is 3. The summed E-state index contributed by atoms with van der Waals surface area (Å²) in [6.45, 7) is 0. The molecule has 2 aliphatic carbocycles. The maximum atomic E-state index is 13.3. The SMILES string of the molecule is NC(CC1CC2CCC1C2)c1cc2ccc(F)cc2s1. The molecule has 1 nitrogen and oxygen atoms in total. The number of thiophene rings is 1. The number of benzene rings is 1. The van der Waals surface area contributed by atoms with Gasteiger partial charge in [-0.3, -0.25) is 0 Å². The standard InChI is InChI=1S/C17H20FNS/c18-14-4-3-12-8-17(20-16(12)9-14)15(19)7-13-6-10-1-2-11(13)5-10/h3-4,8-11,13,15H,1-2,5-7,19H2. The molecule has 1 aromatic carbocycles. The molecule has 2 aromatic rings. The van der Waals surface area contributed by atoms with Crippen LogP contribution in [0.2, 0.25) is 0 Å². The molecule has 106 valence electrons. The molecule has 20 heavy (non-hydrogen) atoms. The molecular formula is C17H20FNS. The number of halogens is 1. The molecule has 2 fully saturated rings. The van der Waals surface area contributed by atoms with E-state index in [0.717, 1.165) is 34.3 Å². The fourth-order valence-electron chi connectivity index (χ4n) is 4.32. The molecule has 1 heterocycles. The lowest BCUT2D eigenvalue weighted by molar-refractivity contribution is 0.297. The van der Waals surface area contributed by atoms with Crippen LogP contribution in [0.15, 0.2) is 24.3 Å². The third-order valence-corrected chi connectivity index (χ3v) is 6.54. The van der Waals surface area contributed by atoms with Crippen LogP contribution in [0.3, 0.4) is 0 Å². The minimum absolute atomic E-state index is 0.125. The van der Waals surface area contributed by atoms with E-state index in [1.807, 2.05) is 6.07 Å². The predicted molar refractivity (Wildman–Crippen MR) is 82.3 cm³/mol. The summed E-state index contributed by atoms with van der Waals surface area (Å²) in [5, 5.41) is 1.12. The topological polar surface area (TPSA) is 26.0 Å². The van der Waals surface area contributed by atoms with Crippen molar-refractivity contribution in [3.8, 4) is 0 Å². The third kappa shape index (κ3) is 2.17. The molecule has 2 saturated carbocycles. The van der Waals surface area contributed by atoms with Crippen LogP contribution in [0.25, 0.3) is 10.1 Å². The highest BCUT2D eigenvalue weighted by atomic mass is 32.1. The minimum atomic E-state index is -0.160. The molecule has 4 unspecified atom stereocenters. The fraction of sp³-hybridized carbons (Fsp3) is 0.529. The molecule has 0 saturated heterocycles. The maximum absolute atomic E-state index is 13.3. The lowest BCUT2D eigenvalue weighted by Gasteiger charge is -2.24. The molecule has 0 aliphatic heterocycles. The Kier molecular flexibility index (Phi) is 3.08. The molecule has 2 bridgehead atoms. The van der Waals surface area contributed by atoms with Crippen LogP contribution in [-0.4, -0.2) is 0 Å². The van der Waals surface area contributed by atoms with E-state index < -0.39 is 0 Å². The van der Waals surface area contributed by atoms with Crippen molar-refractivity contribution in [3.05, 3.63) is 35.0 Å². The summed E-state index contributed by atoms with van der Waals surface area (Å²) in [6, 6.07) is 7.28. The van der Waals surface area contributed by atoms with Crippen molar-refractivity contribution in [1.82, 2.24) is 0 Å². The first-order valence-corrected chi connectivity index (χ1v) is 8.45. The lowest BCUT2D eigenvalue weighted by Crippen LogP contribution is -2.18.